The number of carbonyl (C=O) groups excluding carboxylic acids is 1. The number of halogens is 1. The Morgan fingerprint density at radius 1 is 1.08 bits per heavy atom. The van der Waals surface area contributed by atoms with E-state index in [4.69, 9.17) is 21.1 Å². The standard InChI is InChI=1S/C18H20ClNO4/c1-20(11-6-12-23-16-9-4-2-7-14(16)19)18(22)13-24-17-10-5-3-8-15(17)21/h2-5,7-10,21H,6,11-13H2,1H3. The highest BCUT2D eigenvalue weighted by Crippen LogP contribution is 2.24. The molecule has 0 aliphatic carbocycles. The van der Waals surface area contributed by atoms with E-state index in [1.165, 1.54) is 6.07 Å². The average molecular weight is 350 g/mol. The fraction of sp³-hybridized carbons (Fsp3) is 0.278. The predicted molar refractivity (Wildman–Crippen MR) is 92.8 cm³/mol. The fourth-order valence-electron chi connectivity index (χ4n) is 2.00. The van der Waals surface area contributed by atoms with Gasteiger partial charge in [-0.1, -0.05) is 35.9 Å². The minimum atomic E-state index is -0.170. The van der Waals surface area contributed by atoms with Crippen LogP contribution < -0.4 is 9.47 Å². The monoisotopic (exact) mass is 349 g/mol. The summed E-state index contributed by atoms with van der Waals surface area (Å²) in [5.41, 5.74) is 0. The van der Waals surface area contributed by atoms with E-state index in [1.807, 2.05) is 12.1 Å². The number of rotatable bonds is 8. The second-order valence-corrected chi connectivity index (χ2v) is 5.61. The van der Waals surface area contributed by atoms with Crippen LogP contribution in [0.3, 0.4) is 0 Å². The van der Waals surface area contributed by atoms with Gasteiger partial charge in [0, 0.05) is 13.6 Å². The van der Waals surface area contributed by atoms with Crippen LogP contribution >= 0.6 is 11.6 Å². The van der Waals surface area contributed by atoms with Crippen molar-refractivity contribution < 1.29 is 19.4 Å². The van der Waals surface area contributed by atoms with E-state index in [0.29, 0.717) is 36.1 Å². The first-order chi connectivity index (χ1) is 11.6. The topological polar surface area (TPSA) is 59.0 Å². The summed E-state index contributed by atoms with van der Waals surface area (Å²) in [6.07, 6.45) is 0.671. The molecule has 2 rings (SSSR count). The van der Waals surface area contributed by atoms with Gasteiger partial charge in [0.15, 0.2) is 18.1 Å². The molecule has 0 heterocycles. The van der Waals surface area contributed by atoms with Gasteiger partial charge in [0.25, 0.3) is 5.91 Å². The van der Waals surface area contributed by atoms with Gasteiger partial charge in [0.1, 0.15) is 5.75 Å². The number of carbonyl (C=O) groups is 1. The predicted octanol–water partition coefficient (Wildman–Crippen LogP) is 3.35. The normalized spacial score (nSPS) is 10.2. The summed E-state index contributed by atoms with van der Waals surface area (Å²) in [4.78, 5) is 13.6. The number of phenols is 1. The molecule has 0 atom stereocenters. The van der Waals surface area contributed by atoms with Crippen molar-refractivity contribution in [2.24, 2.45) is 0 Å². The van der Waals surface area contributed by atoms with E-state index in [0.717, 1.165) is 0 Å². The van der Waals surface area contributed by atoms with Crippen LogP contribution in [0.5, 0.6) is 17.2 Å². The van der Waals surface area contributed by atoms with Gasteiger partial charge >= 0.3 is 0 Å². The number of benzene rings is 2. The second kappa shape index (κ2) is 9.03. The SMILES string of the molecule is CN(CCCOc1ccccc1Cl)C(=O)COc1ccccc1O. The van der Waals surface area contributed by atoms with Crippen LogP contribution in [0, 0.1) is 0 Å². The maximum absolute atomic E-state index is 12.0. The van der Waals surface area contributed by atoms with Crippen molar-refractivity contribution in [3.63, 3.8) is 0 Å². The molecule has 0 aliphatic heterocycles. The Labute approximate surface area is 146 Å². The highest BCUT2D eigenvalue weighted by molar-refractivity contribution is 6.32. The number of aromatic hydroxyl groups is 1. The zero-order valence-electron chi connectivity index (χ0n) is 13.4. The maximum atomic E-state index is 12.0. The Balaban J connectivity index is 1.68. The number of phenolic OH excluding ortho intramolecular Hbond substituents is 1. The summed E-state index contributed by atoms with van der Waals surface area (Å²) in [5, 5.41) is 10.2. The van der Waals surface area contributed by atoms with Gasteiger partial charge in [0.05, 0.1) is 11.6 Å². The van der Waals surface area contributed by atoms with Crippen molar-refractivity contribution in [2.45, 2.75) is 6.42 Å². The molecule has 2 aromatic carbocycles. The van der Waals surface area contributed by atoms with E-state index in [-0.39, 0.29) is 18.3 Å². The molecular formula is C18H20ClNO4. The average Bonchev–Trinajstić information content (AvgIpc) is 2.59. The number of likely N-dealkylation sites (N-methyl/N-ethyl adjacent to an activating group) is 1. The highest BCUT2D eigenvalue weighted by atomic mass is 35.5. The fourth-order valence-corrected chi connectivity index (χ4v) is 2.19. The van der Waals surface area contributed by atoms with E-state index in [1.54, 1.807) is 42.3 Å². The molecule has 24 heavy (non-hydrogen) atoms. The molecule has 1 amide bonds. The Hall–Kier alpha value is -2.40. The Bertz CT molecular complexity index is 678. The molecule has 6 heteroatoms. The van der Waals surface area contributed by atoms with Crippen LogP contribution in [-0.2, 0) is 4.79 Å². The van der Waals surface area contributed by atoms with Gasteiger partial charge < -0.3 is 19.5 Å². The number of amides is 1. The molecule has 0 unspecified atom stereocenters. The molecule has 0 saturated carbocycles. The highest BCUT2D eigenvalue weighted by Gasteiger charge is 2.11. The third-order valence-corrected chi connectivity index (χ3v) is 3.69. The minimum absolute atomic E-state index is 0.0149. The molecule has 128 valence electrons. The van der Waals surface area contributed by atoms with Crippen LogP contribution in [-0.4, -0.2) is 42.7 Å². The lowest BCUT2D eigenvalue weighted by molar-refractivity contribution is -0.132. The number of hydrogen-bond donors (Lipinski definition) is 1. The van der Waals surface area contributed by atoms with Gasteiger partial charge in [-0.25, -0.2) is 0 Å². The molecular weight excluding hydrogens is 330 g/mol. The van der Waals surface area contributed by atoms with Gasteiger partial charge in [-0.2, -0.15) is 0 Å². The first-order valence-corrected chi connectivity index (χ1v) is 7.98. The zero-order valence-corrected chi connectivity index (χ0v) is 14.2. The lowest BCUT2D eigenvalue weighted by Crippen LogP contribution is -2.32. The molecule has 0 saturated heterocycles. The van der Waals surface area contributed by atoms with Crippen LogP contribution in [0.2, 0.25) is 5.02 Å². The van der Waals surface area contributed by atoms with Crippen molar-refractivity contribution in [1.29, 1.82) is 0 Å². The Morgan fingerprint density at radius 3 is 2.46 bits per heavy atom. The molecule has 0 aromatic heterocycles. The Kier molecular flexibility index (Phi) is 6.75. The molecule has 0 aliphatic rings. The first-order valence-electron chi connectivity index (χ1n) is 7.60. The summed E-state index contributed by atoms with van der Waals surface area (Å²) in [7, 11) is 1.70. The van der Waals surface area contributed by atoms with Crippen molar-refractivity contribution >= 4 is 17.5 Å². The minimum Gasteiger partial charge on any atom is -0.504 e. The van der Waals surface area contributed by atoms with Crippen LogP contribution in [0.4, 0.5) is 0 Å². The van der Waals surface area contributed by atoms with Gasteiger partial charge in [0.2, 0.25) is 0 Å². The second-order valence-electron chi connectivity index (χ2n) is 5.20. The molecule has 0 spiro atoms. The molecule has 2 aromatic rings. The van der Waals surface area contributed by atoms with E-state index >= 15 is 0 Å². The van der Waals surface area contributed by atoms with Gasteiger partial charge in [-0.05, 0) is 30.7 Å². The lowest BCUT2D eigenvalue weighted by Gasteiger charge is -2.18. The third kappa shape index (κ3) is 5.35. The summed E-state index contributed by atoms with van der Waals surface area (Å²) in [6.45, 7) is 0.870. The number of para-hydroxylation sites is 3. The van der Waals surface area contributed by atoms with E-state index in [9.17, 15) is 9.90 Å². The van der Waals surface area contributed by atoms with E-state index < -0.39 is 0 Å². The summed E-state index contributed by atoms with van der Waals surface area (Å²) < 4.78 is 10.9. The summed E-state index contributed by atoms with van der Waals surface area (Å²) in [5.74, 6) is 0.773. The van der Waals surface area contributed by atoms with Crippen LogP contribution in [0.1, 0.15) is 6.42 Å². The quantitative estimate of drug-likeness (QED) is 0.742. The number of hydrogen-bond acceptors (Lipinski definition) is 4. The molecule has 1 N–H and O–H groups in total. The molecule has 0 bridgehead atoms. The molecule has 0 radical (unpaired) electrons. The summed E-state index contributed by atoms with van der Waals surface area (Å²) >= 11 is 6.00. The van der Waals surface area contributed by atoms with Crippen molar-refractivity contribution in [3.8, 4) is 17.2 Å². The van der Waals surface area contributed by atoms with Gasteiger partial charge in [-0.15, -0.1) is 0 Å². The maximum Gasteiger partial charge on any atom is 0.260 e. The number of ether oxygens (including phenoxy) is 2. The van der Waals surface area contributed by atoms with Crippen molar-refractivity contribution in [2.75, 3.05) is 26.8 Å². The number of nitrogens with zero attached hydrogens (tertiary/aromatic N) is 1. The summed E-state index contributed by atoms with van der Waals surface area (Å²) in [6, 6.07) is 13.8. The van der Waals surface area contributed by atoms with Crippen LogP contribution in [0.25, 0.3) is 0 Å². The molecule has 5 nitrogen and oxygen atoms in total. The Morgan fingerprint density at radius 2 is 1.75 bits per heavy atom. The van der Waals surface area contributed by atoms with Crippen molar-refractivity contribution in [1.82, 2.24) is 4.90 Å². The van der Waals surface area contributed by atoms with Crippen LogP contribution in [0.15, 0.2) is 48.5 Å². The zero-order chi connectivity index (χ0) is 17.4. The molecule has 0 fully saturated rings. The van der Waals surface area contributed by atoms with E-state index in [2.05, 4.69) is 0 Å². The largest absolute Gasteiger partial charge is 0.504 e. The smallest absolute Gasteiger partial charge is 0.260 e. The van der Waals surface area contributed by atoms with Crippen molar-refractivity contribution in [3.05, 3.63) is 53.6 Å². The lowest BCUT2D eigenvalue weighted by atomic mass is 10.3. The van der Waals surface area contributed by atoms with Gasteiger partial charge in [-0.3, -0.25) is 4.79 Å². The third-order valence-electron chi connectivity index (χ3n) is 3.37. The first kappa shape index (κ1) is 17.9.